The van der Waals surface area contributed by atoms with Crippen LogP contribution < -0.4 is 0 Å². The van der Waals surface area contributed by atoms with Gasteiger partial charge in [-0.25, -0.2) is 9.07 Å². The quantitative estimate of drug-likeness (QED) is 0.627. The molecule has 0 saturated heterocycles. The third kappa shape index (κ3) is 1.89. The van der Waals surface area contributed by atoms with Crippen LogP contribution in [0.4, 0.5) is 4.39 Å². The first-order valence-electron chi connectivity index (χ1n) is 4.03. The first-order valence-corrected chi connectivity index (χ1v) is 5.11. The summed E-state index contributed by atoms with van der Waals surface area (Å²) in [5, 5.41) is 7.37. The van der Waals surface area contributed by atoms with Gasteiger partial charge in [0.15, 0.2) is 6.29 Å². The van der Waals surface area contributed by atoms with E-state index >= 15 is 0 Å². The Morgan fingerprint density at radius 2 is 2.27 bits per heavy atom. The molecule has 1 aromatic heterocycles. The highest BCUT2D eigenvalue weighted by molar-refractivity contribution is 14.1. The van der Waals surface area contributed by atoms with Crippen LogP contribution in [-0.4, -0.2) is 21.3 Å². The van der Waals surface area contributed by atoms with E-state index in [1.807, 2.05) is 22.6 Å². The second-order valence-corrected chi connectivity index (χ2v) is 3.95. The maximum Gasteiger partial charge on any atom is 0.170 e. The van der Waals surface area contributed by atoms with Crippen molar-refractivity contribution in [2.75, 3.05) is 0 Å². The molecule has 76 valence electrons. The number of hydrogen-bond donors (Lipinski definition) is 0. The van der Waals surface area contributed by atoms with Crippen molar-refractivity contribution in [2.24, 2.45) is 0 Å². The van der Waals surface area contributed by atoms with Gasteiger partial charge in [-0.1, -0.05) is 5.21 Å². The zero-order valence-electron chi connectivity index (χ0n) is 7.39. The molecule has 4 nitrogen and oxygen atoms in total. The molecule has 0 aliphatic carbocycles. The largest absolute Gasteiger partial charge is 0.296 e. The first kappa shape index (κ1) is 10.2. The highest BCUT2D eigenvalue weighted by Gasteiger charge is 2.08. The Morgan fingerprint density at radius 3 is 2.93 bits per heavy atom. The molecule has 0 bridgehead atoms. The van der Waals surface area contributed by atoms with Gasteiger partial charge in [-0.2, -0.15) is 0 Å². The molecule has 0 amide bonds. The Bertz CT molecular complexity index is 512. The number of aromatic nitrogens is 3. The summed E-state index contributed by atoms with van der Waals surface area (Å²) in [6.07, 6.45) is 2.01. The van der Waals surface area contributed by atoms with Gasteiger partial charge in [-0.3, -0.25) is 4.79 Å². The second-order valence-electron chi connectivity index (χ2n) is 2.78. The van der Waals surface area contributed by atoms with E-state index in [4.69, 9.17) is 0 Å². The SMILES string of the molecule is O=Cc1cnnn1-c1ccc(F)cc1I. The molecule has 0 spiro atoms. The van der Waals surface area contributed by atoms with Crippen LogP contribution in [0, 0.1) is 9.39 Å². The Kier molecular flexibility index (Phi) is 2.76. The molecule has 0 saturated carbocycles. The number of rotatable bonds is 2. The molecule has 15 heavy (non-hydrogen) atoms. The molecule has 0 fully saturated rings. The monoisotopic (exact) mass is 317 g/mol. The van der Waals surface area contributed by atoms with Gasteiger partial charge in [-0.05, 0) is 40.8 Å². The lowest BCUT2D eigenvalue weighted by molar-refractivity contribution is 0.111. The lowest BCUT2D eigenvalue weighted by atomic mass is 10.3. The van der Waals surface area contributed by atoms with Crippen molar-refractivity contribution in [3.63, 3.8) is 0 Å². The smallest absolute Gasteiger partial charge is 0.170 e. The average molecular weight is 317 g/mol. The average Bonchev–Trinajstić information content (AvgIpc) is 2.65. The Labute approximate surface area is 98.2 Å². The van der Waals surface area contributed by atoms with E-state index in [0.29, 0.717) is 21.2 Å². The van der Waals surface area contributed by atoms with E-state index in [2.05, 4.69) is 10.3 Å². The minimum atomic E-state index is -0.323. The maximum absolute atomic E-state index is 12.9. The number of halogens is 2. The first-order chi connectivity index (χ1) is 7.22. The molecule has 0 radical (unpaired) electrons. The van der Waals surface area contributed by atoms with E-state index < -0.39 is 0 Å². The zero-order valence-corrected chi connectivity index (χ0v) is 9.55. The predicted octanol–water partition coefficient (Wildman–Crippen LogP) is 1.82. The van der Waals surface area contributed by atoms with E-state index in [9.17, 15) is 9.18 Å². The van der Waals surface area contributed by atoms with Crippen molar-refractivity contribution < 1.29 is 9.18 Å². The summed E-state index contributed by atoms with van der Waals surface area (Å²) in [4.78, 5) is 10.7. The lowest BCUT2D eigenvalue weighted by Crippen LogP contribution is -2.03. The highest BCUT2D eigenvalue weighted by Crippen LogP contribution is 2.18. The summed E-state index contributed by atoms with van der Waals surface area (Å²) < 4.78 is 14.9. The molecule has 0 unspecified atom stereocenters. The van der Waals surface area contributed by atoms with Gasteiger partial charge in [0.25, 0.3) is 0 Å². The summed E-state index contributed by atoms with van der Waals surface area (Å²) in [5.41, 5.74) is 0.969. The van der Waals surface area contributed by atoms with Crippen LogP contribution in [0.3, 0.4) is 0 Å². The van der Waals surface area contributed by atoms with Crippen molar-refractivity contribution in [3.05, 3.63) is 39.5 Å². The van der Waals surface area contributed by atoms with E-state index in [1.165, 1.54) is 23.0 Å². The molecule has 0 aliphatic heterocycles. The van der Waals surface area contributed by atoms with Crippen LogP contribution in [0.1, 0.15) is 10.5 Å². The van der Waals surface area contributed by atoms with Gasteiger partial charge >= 0.3 is 0 Å². The van der Waals surface area contributed by atoms with Crippen LogP contribution in [0.5, 0.6) is 0 Å². The number of carbonyl (C=O) groups excluding carboxylic acids is 1. The van der Waals surface area contributed by atoms with Crippen molar-refractivity contribution in [3.8, 4) is 5.69 Å². The lowest BCUT2D eigenvalue weighted by Gasteiger charge is -2.04. The summed E-state index contributed by atoms with van der Waals surface area (Å²) >= 11 is 1.98. The van der Waals surface area contributed by atoms with Gasteiger partial charge in [0.05, 0.1) is 11.9 Å². The molecule has 1 heterocycles. The minimum Gasteiger partial charge on any atom is -0.296 e. The fraction of sp³-hybridized carbons (Fsp3) is 0. The minimum absolute atomic E-state index is 0.323. The van der Waals surface area contributed by atoms with Gasteiger partial charge in [0.1, 0.15) is 11.5 Å². The van der Waals surface area contributed by atoms with Gasteiger partial charge in [-0.15, -0.1) is 5.10 Å². The van der Waals surface area contributed by atoms with Crippen molar-refractivity contribution in [1.29, 1.82) is 0 Å². The predicted molar refractivity (Wildman–Crippen MR) is 59.4 cm³/mol. The molecular formula is C9H5FIN3O. The molecule has 2 aromatic rings. The number of aldehydes is 1. The molecule has 0 atom stereocenters. The zero-order chi connectivity index (χ0) is 10.8. The number of benzene rings is 1. The fourth-order valence-electron chi connectivity index (χ4n) is 1.16. The maximum atomic E-state index is 12.9. The van der Waals surface area contributed by atoms with Crippen molar-refractivity contribution >= 4 is 28.9 Å². The van der Waals surface area contributed by atoms with E-state index in [0.717, 1.165) is 0 Å². The van der Waals surface area contributed by atoms with Crippen LogP contribution in [0.2, 0.25) is 0 Å². The summed E-state index contributed by atoms with van der Waals surface area (Å²) in [6, 6.07) is 4.23. The Morgan fingerprint density at radius 1 is 1.47 bits per heavy atom. The van der Waals surface area contributed by atoms with Crippen molar-refractivity contribution in [2.45, 2.75) is 0 Å². The summed E-state index contributed by atoms with van der Waals surface area (Å²) in [6.45, 7) is 0. The van der Waals surface area contributed by atoms with Crippen LogP contribution in [0.15, 0.2) is 24.4 Å². The third-order valence-electron chi connectivity index (χ3n) is 1.83. The summed E-state index contributed by atoms with van der Waals surface area (Å²) in [7, 11) is 0. The van der Waals surface area contributed by atoms with Crippen LogP contribution >= 0.6 is 22.6 Å². The number of nitrogens with zero attached hydrogens (tertiary/aromatic N) is 3. The van der Waals surface area contributed by atoms with Crippen LogP contribution in [-0.2, 0) is 0 Å². The van der Waals surface area contributed by atoms with E-state index in [-0.39, 0.29) is 5.82 Å². The molecular weight excluding hydrogens is 312 g/mol. The number of carbonyl (C=O) groups is 1. The van der Waals surface area contributed by atoms with Crippen LogP contribution in [0.25, 0.3) is 5.69 Å². The number of hydrogen-bond acceptors (Lipinski definition) is 3. The molecule has 6 heteroatoms. The fourth-order valence-corrected chi connectivity index (χ4v) is 1.87. The molecule has 0 aliphatic rings. The van der Waals surface area contributed by atoms with Crippen molar-refractivity contribution in [1.82, 2.24) is 15.0 Å². The normalized spacial score (nSPS) is 10.3. The molecule has 1 aromatic carbocycles. The molecule has 0 N–H and O–H groups in total. The summed E-state index contributed by atoms with van der Waals surface area (Å²) in [5.74, 6) is -0.323. The second kappa shape index (κ2) is 4.05. The van der Waals surface area contributed by atoms with E-state index in [1.54, 1.807) is 6.07 Å². The van der Waals surface area contributed by atoms with Gasteiger partial charge in [0.2, 0.25) is 0 Å². The Balaban J connectivity index is 2.59. The van der Waals surface area contributed by atoms with Gasteiger partial charge in [0, 0.05) is 3.57 Å². The Hall–Kier alpha value is -1.31. The standard InChI is InChI=1S/C9H5FIN3O/c10-6-1-2-9(8(11)3-6)14-7(5-15)4-12-13-14/h1-5H. The highest BCUT2D eigenvalue weighted by atomic mass is 127. The molecule has 2 rings (SSSR count). The third-order valence-corrected chi connectivity index (χ3v) is 2.70. The van der Waals surface area contributed by atoms with Gasteiger partial charge < -0.3 is 0 Å². The topological polar surface area (TPSA) is 47.8 Å².